The largest absolute Gasteiger partial charge is 0.394 e. The zero-order valence-corrected chi connectivity index (χ0v) is 15.0. The topological polar surface area (TPSA) is 58.9 Å². The molecule has 1 unspecified atom stereocenters. The summed E-state index contributed by atoms with van der Waals surface area (Å²) in [7, 11) is 0. The van der Waals surface area contributed by atoms with Gasteiger partial charge in [-0.15, -0.1) is 11.8 Å². The van der Waals surface area contributed by atoms with Crippen molar-refractivity contribution in [3.8, 4) is 0 Å². The summed E-state index contributed by atoms with van der Waals surface area (Å²) in [5, 5.41) is 22.1. The molecule has 0 heterocycles. The highest BCUT2D eigenvalue weighted by molar-refractivity contribution is 7.99. The standard InChI is InChI=1S/C19H26O4S/c1-3-24-13-23-18(11-20)19(21)14(2)22-12-15-8-9-16-6-4-5-7-17(16)10-15/h4-10,14,18-21H,3,11-13H2,1-2H3/t14-,18?,19+/m1/s1. The van der Waals surface area contributed by atoms with Crippen LogP contribution in [0.15, 0.2) is 42.5 Å². The molecule has 5 heteroatoms. The van der Waals surface area contributed by atoms with E-state index in [0.717, 1.165) is 11.3 Å². The van der Waals surface area contributed by atoms with Crippen molar-refractivity contribution in [2.24, 2.45) is 0 Å². The van der Waals surface area contributed by atoms with Crippen molar-refractivity contribution < 1.29 is 19.7 Å². The summed E-state index contributed by atoms with van der Waals surface area (Å²) in [5.41, 5.74) is 1.05. The Morgan fingerprint density at radius 2 is 1.83 bits per heavy atom. The van der Waals surface area contributed by atoms with E-state index in [4.69, 9.17) is 9.47 Å². The van der Waals surface area contributed by atoms with Crippen LogP contribution in [0.5, 0.6) is 0 Å². The van der Waals surface area contributed by atoms with Crippen molar-refractivity contribution in [2.75, 3.05) is 18.3 Å². The van der Waals surface area contributed by atoms with Gasteiger partial charge in [0, 0.05) is 0 Å². The molecule has 0 aliphatic heterocycles. The monoisotopic (exact) mass is 350 g/mol. The number of benzene rings is 2. The molecule has 0 aliphatic carbocycles. The lowest BCUT2D eigenvalue weighted by atomic mass is 10.1. The Labute approximate surface area is 147 Å². The van der Waals surface area contributed by atoms with Gasteiger partial charge in [0.2, 0.25) is 0 Å². The lowest BCUT2D eigenvalue weighted by Crippen LogP contribution is -2.41. The molecule has 2 N–H and O–H groups in total. The highest BCUT2D eigenvalue weighted by atomic mass is 32.2. The number of ether oxygens (including phenoxy) is 2. The van der Waals surface area contributed by atoms with E-state index >= 15 is 0 Å². The summed E-state index contributed by atoms with van der Waals surface area (Å²) in [6.45, 7) is 4.01. The minimum atomic E-state index is -0.868. The first kappa shape index (κ1) is 19.2. The molecule has 0 fully saturated rings. The molecule has 2 aromatic rings. The second kappa shape index (κ2) is 10.0. The molecule has 0 saturated carbocycles. The zero-order valence-electron chi connectivity index (χ0n) is 14.2. The van der Waals surface area contributed by atoms with Crippen LogP contribution in [0.25, 0.3) is 10.8 Å². The van der Waals surface area contributed by atoms with E-state index in [-0.39, 0.29) is 6.61 Å². The molecule has 0 amide bonds. The molecule has 4 nitrogen and oxygen atoms in total. The van der Waals surface area contributed by atoms with Crippen LogP contribution in [0, 0.1) is 0 Å². The molecule has 2 aromatic carbocycles. The number of rotatable bonds is 10. The first-order valence-corrected chi connectivity index (χ1v) is 9.38. The predicted molar refractivity (Wildman–Crippen MR) is 99.2 cm³/mol. The van der Waals surface area contributed by atoms with Crippen LogP contribution in [-0.2, 0) is 16.1 Å². The average Bonchev–Trinajstić information content (AvgIpc) is 2.62. The molecule has 0 saturated heterocycles. The zero-order chi connectivity index (χ0) is 17.4. The van der Waals surface area contributed by atoms with Gasteiger partial charge in [0.1, 0.15) is 12.2 Å². The fraction of sp³-hybridized carbons (Fsp3) is 0.474. The molecule has 0 spiro atoms. The molecular formula is C19H26O4S. The van der Waals surface area contributed by atoms with E-state index in [2.05, 4.69) is 24.3 Å². The van der Waals surface area contributed by atoms with Crippen LogP contribution in [0.2, 0.25) is 0 Å². The van der Waals surface area contributed by atoms with Gasteiger partial charge in [-0.25, -0.2) is 0 Å². The van der Waals surface area contributed by atoms with Crippen molar-refractivity contribution in [2.45, 2.75) is 38.8 Å². The van der Waals surface area contributed by atoms with E-state index in [9.17, 15) is 10.2 Å². The highest BCUT2D eigenvalue weighted by Crippen LogP contribution is 2.18. The SMILES string of the molecule is CCSCOC(CO)[C@@H](O)[C@@H](C)OCc1ccc2ccccc2c1. The third-order valence-electron chi connectivity index (χ3n) is 3.94. The van der Waals surface area contributed by atoms with Gasteiger partial charge < -0.3 is 19.7 Å². The summed E-state index contributed by atoms with van der Waals surface area (Å²) < 4.78 is 11.3. The highest BCUT2D eigenvalue weighted by Gasteiger charge is 2.25. The second-order valence-corrected chi connectivity index (χ2v) is 6.91. The molecule has 0 aromatic heterocycles. The Balaban J connectivity index is 1.88. The molecule has 24 heavy (non-hydrogen) atoms. The fourth-order valence-corrected chi connectivity index (χ4v) is 2.87. The number of aliphatic hydroxyl groups excluding tert-OH is 2. The Hall–Kier alpha value is -1.11. The maximum Gasteiger partial charge on any atom is 0.110 e. The van der Waals surface area contributed by atoms with Gasteiger partial charge in [-0.2, -0.15) is 0 Å². The minimum Gasteiger partial charge on any atom is -0.394 e. The van der Waals surface area contributed by atoms with Gasteiger partial charge in [-0.05, 0) is 35.1 Å². The summed E-state index contributed by atoms with van der Waals surface area (Å²) in [4.78, 5) is 0. The van der Waals surface area contributed by atoms with Gasteiger partial charge in [-0.3, -0.25) is 0 Å². The minimum absolute atomic E-state index is 0.227. The first-order valence-electron chi connectivity index (χ1n) is 8.23. The number of aliphatic hydroxyl groups is 2. The molecule has 2 rings (SSSR count). The number of hydrogen-bond acceptors (Lipinski definition) is 5. The Bertz CT molecular complexity index is 619. The van der Waals surface area contributed by atoms with E-state index in [1.165, 1.54) is 10.8 Å². The number of fused-ring (bicyclic) bond motifs is 1. The van der Waals surface area contributed by atoms with Crippen LogP contribution in [-0.4, -0.2) is 46.8 Å². The molecular weight excluding hydrogens is 324 g/mol. The molecule has 0 bridgehead atoms. The quantitative estimate of drug-likeness (QED) is 0.509. The lowest BCUT2D eigenvalue weighted by Gasteiger charge is -2.26. The Morgan fingerprint density at radius 1 is 1.08 bits per heavy atom. The smallest absolute Gasteiger partial charge is 0.110 e. The van der Waals surface area contributed by atoms with Crippen molar-refractivity contribution in [1.82, 2.24) is 0 Å². The summed E-state index contributed by atoms with van der Waals surface area (Å²) in [5.74, 6) is 1.39. The molecule has 3 atom stereocenters. The summed E-state index contributed by atoms with van der Waals surface area (Å²) >= 11 is 1.61. The van der Waals surface area contributed by atoms with Gasteiger partial charge in [0.05, 0.1) is 25.3 Å². The second-order valence-electron chi connectivity index (χ2n) is 5.69. The number of hydrogen-bond donors (Lipinski definition) is 2. The van der Waals surface area contributed by atoms with Gasteiger partial charge in [0.15, 0.2) is 0 Å². The van der Waals surface area contributed by atoms with E-state index < -0.39 is 18.3 Å². The number of thioether (sulfide) groups is 1. The first-order chi connectivity index (χ1) is 11.7. The van der Waals surface area contributed by atoms with Crippen LogP contribution >= 0.6 is 11.8 Å². The third-order valence-corrected chi connectivity index (χ3v) is 4.65. The maximum absolute atomic E-state index is 10.3. The molecule has 132 valence electrons. The van der Waals surface area contributed by atoms with Crippen LogP contribution in [0.1, 0.15) is 19.4 Å². The third kappa shape index (κ3) is 5.46. The maximum atomic E-state index is 10.3. The van der Waals surface area contributed by atoms with Crippen molar-refractivity contribution >= 4 is 22.5 Å². The lowest BCUT2D eigenvalue weighted by molar-refractivity contribution is -0.114. The fourth-order valence-electron chi connectivity index (χ4n) is 2.44. The van der Waals surface area contributed by atoms with E-state index in [1.54, 1.807) is 18.7 Å². The van der Waals surface area contributed by atoms with Crippen LogP contribution in [0.4, 0.5) is 0 Å². The Morgan fingerprint density at radius 3 is 2.54 bits per heavy atom. The Kier molecular flexibility index (Phi) is 8.02. The van der Waals surface area contributed by atoms with E-state index in [0.29, 0.717) is 12.5 Å². The van der Waals surface area contributed by atoms with Crippen LogP contribution < -0.4 is 0 Å². The molecule has 0 radical (unpaired) electrons. The van der Waals surface area contributed by atoms with Crippen molar-refractivity contribution in [1.29, 1.82) is 0 Å². The molecule has 0 aliphatic rings. The normalized spacial score (nSPS) is 15.3. The predicted octanol–water partition coefficient (Wildman–Crippen LogP) is 3.19. The summed E-state index contributed by atoms with van der Waals surface area (Å²) in [6, 6.07) is 14.4. The van der Waals surface area contributed by atoms with E-state index in [1.807, 2.05) is 25.1 Å². The van der Waals surface area contributed by atoms with Gasteiger partial charge in [0.25, 0.3) is 0 Å². The van der Waals surface area contributed by atoms with Crippen LogP contribution in [0.3, 0.4) is 0 Å². The van der Waals surface area contributed by atoms with Gasteiger partial charge in [-0.1, -0.05) is 43.3 Å². The average molecular weight is 350 g/mol. The summed E-state index contributed by atoms with van der Waals surface area (Å²) in [6.07, 6.45) is -1.93. The van der Waals surface area contributed by atoms with Gasteiger partial charge >= 0.3 is 0 Å². The van der Waals surface area contributed by atoms with Crippen molar-refractivity contribution in [3.05, 3.63) is 48.0 Å². The van der Waals surface area contributed by atoms with Crippen molar-refractivity contribution in [3.63, 3.8) is 0 Å².